The van der Waals surface area contributed by atoms with Gasteiger partial charge in [-0.2, -0.15) is 4.98 Å². The average Bonchev–Trinajstić information content (AvgIpc) is 2.99. The van der Waals surface area contributed by atoms with Crippen LogP contribution in [-0.4, -0.2) is 39.5 Å². The van der Waals surface area contributed by atoms with Gasteiger partial charge in [0.05, 0.1) is 5.75 Å². The van der Waals surface area contributed by atoms with Crippen molar-refractivity contribution in [3.8, 4) is 0 Å². The number of hydrogen-bond acceptors (Lipinski definition) is 5. The highest BCUT2D eigenvalue weighted by Crippen LogP contribution is 2.29. The smallest absolute Gasteiger partial charge is 0.348 e. The summed E-state index contributed by atoms with van der Waals surface area (Å²) in [5.41, 5.74) is 1.86. The summed E-state index contributed by atoms with van der Waals surface area (Å²) in [4.78, 5) is 28.0. The van der Waals surface area contributed by atoms with Crippen LogP contribution in [0.2, 0.25) is 0 Å². The molecule has 0 aromatic carbocycles. The number of amides is 1. The molecule has 6 nitrogen and oxygen atoms in total. The van der Waals surface area contributed by atoms with E-state index < -0.39 is 0 Å². The molecule has 0 atom stereocenters. The molecule has 1 aliphatic rings. The van der Waals surface area contributed by atoms with E-state index in [0.717, 1.165) is 36.9 Å². The first-order valence-electron chi connectivity index (χ1n) is 7.80. The van der Waals surface area contributed by atoms with E-state index in [-0.39, 0.29) is 18.2 Å². The topological polar surface area (TPSA) is 84.2 Å². The Labute approximate surface area is 134 Å². The number of nitrogens with one attached hydrogen (secondary N) is 1. The minimum atomic E-state index is -0.273. The third kappa shape index (κ3) is 4.10. The summed E-state index contributed by atoms with van der Waals surface area (Å²) in [7, 11) is 0. The van der Waals surface area contributed by atoms with Gasteiger partial charge in [0, 0.05) is 31.0 Å². The number of carbonyl (C=O) groups excluding carboxylic acids is 1. The van der Waals surface area contributed by atoms with Crippen molar-refractivity contribution in [2.45, 2.75) is 50.6 Å². The predicted molar refractivity (Wildman–Crippen MR) is 86.2 cm³/mol. The Morgan fingerprint density at radius 1 is 1.45 bits per heavy atom. The lowest BCUT2D eigenvalue weighted by molar-refractivity contribution is -0.118. The summed E-state index contributed by atoms with van der Waals surface area (Å²) in [6.45, 7) is 3.25. The highest BCUT2D eigenvalue weighted by Gasteiger charge is 2.22. The summed E-state index contributed by atoms with van der Waals surface area (Å²) in [6.07, 6.45) is 4.24. The summed E-state index contributed by atoms with van der Waals surface area (Å²) >= 11 is 1.35. The average molecular weight is 325 g/mol. The van der Waals surface area contributed by atoms with Crippen molar-refractivity contribution in [1.82, 2.24) is 14.9 Å². The van der Waals surface area contributed by atoms with Crippen LogP contribution in [-0.2, 0) is 24.2 Å². The number of rotatable bonds is 8. The van der Waals surface area contributed by atoms with E-state index in [1.165, 1.54) is 11.8 Å². The predicted octanol–water partition coefficient (Wildman–Crippen LogP) is 0.733. The van der Waals surface area contributed by atoms with Crippen molar-refractivity contribution in [2.75, 3.05) is 18.9 Å². The van der Waals surface area contributed by atoms with Crippen LogP contribution in [0.3, 0.4) is 0 Å². The van der Waals surface area contributed by atoms with Gasteiger partial charge in [0.25, 0.3) is 0 Å². The minimum absolute atomic E-state index is 0.0233. The van der Waals surface area contributed by atoms with Crippen LogP contribution >= 0.6 is 11.8 Å². The highest BCUT2D eigenvalue weighted by atomic mass is 32.2. The zero-order valence-electron chi connectivity index (χ0n) is 12.9. The Kier molecular flexibility index (Phi) is 6.45. The zero-order chi connectivity index (χ0) is 15.9. The second-order valence-corrected chi connectivity index (χ2v) is 6.31. The van der Waals surface area contributed by atoms with E-state index in [2.05, 4.69) is 10.3 Å². The van der Waals surface area contributed by atoms with Gasteiger partial charge in [-0.05, 0) is 32.1 Å². The van der Waals surface area contributed by atoms with Crippen molar-refractivity contribution in [1.29, 1.82) is 0 Å². The van der Waals surface area contributed by atoms with E-state index in [0.29, 0.717) is 30.3 Å². The Bertz CT molecular complexity index is 586. The molecule has 0 spiro atoms. The molecular formula is C15H23N3O3S. The molecule has 1 aromatic rings. The zero-order valence-corrected chi connectivity index (χ0v) is 13.7. The van der Waals surface area contributed by atoms with Gasteiger partial charge in [0.15, 0.2) is 0 Å². The maximum atomic E-state index is 12.2. The minimum Gasteiger partial charge on any atom is -0.396 e. The Balaban J connectivity index is 2.13. The van der Waals surface area contributed by atoms with E-state index in [1.54, 1.807) is 4.57 Å². The van der Waals surface area contributed by atoms with Crippen molar-refractivity contribution in [3.63, 3.8) is 0 Å². The van der Waals surface area contributed by atoms with Gasteiger partial charge in [-0.1, -0.05) is 18.7 Å². The molecule has 0 saturated heterocycles. The highest BCUT2D eigenvalue weighted by molar-refractivity contribution is 7.99. The first-order chi connectivity index (χ1) is 10.7. The maximum Gasteiger partial charge on any atom is 0.348 e. The Morgan fingerprint density at radius 2 is 2.27 bits per heavy atom. The summed E-state index contributed by atoms with van der Waals surface area (Å²) < 4.78 is 1.68. The molecule has 0 saturated carbocycles. The molecule has 0 unspecified atom stereocenters. The van der Waals surface area contributed by atoms with Crippen LogP contribution in [0.5, 0.6) is 0 Å². The Morgan fingerprint density at radius 3 is 3.00 bits per heavy atom. The third-order valence-corrected chi connectivity index (χ3v) is 4.67. The van der Waals surface area contributed by atoms with E-state index in [4.69, 9.17) is 5.11 Å². The molecule has 0 fully saturated rings. The lowest BCUT2D eigenvalue weighted by Gasteiger charge is -2.13. The van der Waals surface area contributed by atoms with Gasteiger partial charge >= 0.3 is 5.69 Å². The molecular weight excluding hydrogens is 302 g/mol. The first-order valence-corrected chi connectivity index (χ1v) is 8.78. The molecule has 2 rings (SSSR count). The summed E-state index contributed by atoms with van der Waals surface area (Å²) in [6, 6.07) is 0. The number of aliphatic hydroxyl groups is 1. The summed E-state index contributed by atoms with van der Waals surface area (Å²) in [5.74, 6) is 0.268. The van der Waals surface area contributed by atoms with Gasteiger partial charge in [-0.3, -0.25) is 9.36 Å². The van der Waals surface area contributed by atoms with Crippen LogP contribution in [0.1, 0.15) is 37.4 Å². The lowest BCUT2D eigenvalue weighted by atomic mass is 10.2. The van der Waals surface area contributed by atoms with Gasteiger partial charge in [-0.15, -0.1) is 0 Å². The van der Waals surface area contributed by atoms with Crippen LogP contribution in [0.15, 0.2) is 9.82 Å². The van der Waals surface area contributed by atoms with Crippen LogP contribution in [0.25, 0.3) is 0 Å². The lowest BCUT2D eigenvalue weighted by Crippen LogP contribution is -2.29. The van der Waals surface area contributed by atoms with Crippen molar-refractivity contribution in [3.05, 3.63) is 21.7 Å². The van der Waals surface area contributed by atoms with Gasteiger partial charge < -0.3 is 10.4 Å². The van der Waals surface area contributed by atoms with E-state index in [9.17, 15) is 9.59 Å². The third-order valence-electron chi connectivity index (χ3n) is 3.65. The number of carbonyl (C=O) groups is 1. The Hall–Kier alpha value is -1.34. The normalized spacial score (nSPS) is 13.2. The molecule has 2 N–H and O–H groups in total. The van der Waals surface area contributed by atoms with Gasteiger partial charge in [0.2, 0.25) is 5.91 Å². The fourth-order valence-electron chi connectivity index (χ4n) is 2.61. The number of aromatic nitrogens is 2. The van der Waals surface area contributed by atoms with Crippen molar-refractivity contribution >= 4 is 17.7 Å². The molecule has 7 heteroatoms. The number of nitrogens with zero attached hydrogens (tertiary/aromatic N) is 2. The second-order valence-electron chi connectivity index (χ2n) is 5.35. The fourth-order valence-corrected chi connectivity index (χ4v) is 3.52. The fraction of sp³-hybridized carbons (Fsp3) is 0.667. The van der Waals surface area contributed by atoms with Crippen molar-refractivity contribution < 1.29 is 9.90 Å². The number of fused-ring (bicyclic) bond motifs is 1. The van der Waals surface area contributed by atoms with Gasteiger partial charge in [-0.25, -0.2) is 4.79 Å². The molecule has 0 radical (unpaired) electrons. The number of hydrogen-bond donors (Lipinski definition) is 2. The largest absolute Gasteiger partial charge is 0.396 e. The number of aliphatic hydroxyl groups excluding tert-OH is 1. The van der Waals surface area contributed by atoms with E-state index >= 15 is 0 Å². The van der Waals surface area contributed by atoms with Crippen LogP contribution < -0.4 is 11.0 Å². The van der Waals surface area contributed by atoms with Crippen LogP contribution in [0.4, 0.5) is 0 Å². The molecule has 1 aromatic heterocycles. The maximum absolute atomic E-state index is 12.2. The summed E-state index contributed by atoms with van der Waals surface area (Å²) in [5, 5.41) is 12.5. The quantitative estimate of drug-likeness (QED) is 0.544. The molecule has 122 valence electrons. The molecule has 1 amide bonds. The first kappa shape index (κ1) is 17.0. The second kappa shape index (κ2) is 8.33. The standard InChI is InChI=1S/C15H23N3O3S/c1-2-7-16-13(20)10-22-14-11-5-3-6-12(11)18(8-4-9-19)15(21)17-14/h19H,2-10H2,1H3,(H,16,20). The SMILES string of the molecule is CCCNC(=O)CSc1nc(=O)n(CCCO)c2c1CCC2. The molecule has 22 heavy (non-hydrogen) atoms. The molecule has 0 bridgehead atoms. The molecule has 1 aliphatic carbocycles. The van der Waals surface area contributed by atoms with Gasteiger partial charge in [0.1, 0.15) is 5.03 Å². The van der Waals surface area contributed by atoms with Crippen LogP contribution in [0, 0.1) is 0 Å². The molecule has 0 aliphatic heterocycles. The van der Waals surface area contributed by atoms with Crippen molar-refractivity contribution in [2.24, 2.45) is 0 Å². The van der Waals surface area contributed by atoms with E-state index in [1.807, 2.05) is 6.92 Å². The number of thioether (sulfide) groups is 1. The monoisotopic (exact) mass is 325 g/mol. The molecule has 1 heterocycles.